The first-order valence-electron chi connectivity index (χ1n) is 2.24. The number of halogens is 6. The molecule has 0 bridgehead atoms. The van der Waals surface area contributed by atoms with Gasteiger partial charge in [0.05, 0.1) is 0 Å². The van der Waals surface area contributed by atoms with Gasteiger partial charge in [-0.15, -0.1) is 0 Å². The van der Waals surface area contributed by atoms with Crippen LogP contribution in [0.2, 0.25) is 0 Å². The van der Waals surface area contributed by atoms with E-state index in [0.29, 0.717) is 0 Å². The van der Waals surface area contributed by atoms with E-state index >= 15 is 0 Å². The second-order valence-corrected chi connectivity index (χ2v) is 7.59. The quantitative estimate of drug-likeness (QED) is 0.431. The summed E-state index contributed by atoms with van der Waals surface area (Å²) in [4.78, 5) is 0. The number of hydrogen-bond donors (Lipinski definition) is 1. The van der Waals surface area contributed by atoms with Crippen LogP contribution in [0.3, 0.4) is 0 Å². The molecule has 0 aromatic heterocycles. The maximum absolute atomic E-state index is 12.7. The molecule has 0 fully saturated rings. The minimum absolute atomic E-state index is 0.941. The SMILES string of the molecule is C=IC(F)(I)C(O)C(F)(F)F. The van der Waals surface area contributed by atoms with Gasteiger partial charge >= 0.3 is 6.18 Å². The van der Waals surface area contributed by atoms with Crippen molar-refractivity contribution in [2.24, 2.45) is 0 Å². The normalized spacial score (nSPS) is 20.9. The van der Waals surface area contributed by atoms with E-state index in [0.717, 1.165) is 22.6 Å². The van der Waals surface area contributed by atoms with Crippen LogP contribution in [0.25, 0.3) is 0 Å². The molecule has 0 heterocycles. The Morgan fingerprint density at radius 1 is 1.36 bits per heavy atom. The Kier molecular flexibility index (Phi) is 4.16. The minimum atomic E-state index is -4.90. The van der Waals surface area contributed by atoms with E-state index in [2.05, 4.69) is 4.51 Å². The Morgan fingerprint density at radius 3 is 1.82 bits per heavy atom. The summed E-state index contributed by atoms with van der Waals surface area (Å²) in [5.41, 5.74) is 0. The molecule has 1 nitrogen and oxygen atoms in total. The van der Waals surface area contributed by atoms with Crippen molar-refractivity contribution >= 4 is 47.8 Å². The van der Waals surface area contributed by atoms with Crippen molar-refractivity contribution in [3.8, 4) is 0 Å². The molecule has 11 heavy (non-hydrogen) atoms. The predicted molar refractivity (Wildman–Crippen MR) is 51.1 cm³/mol. The Morgan fingerprint density at radius 2 is 1.73 bits per heavy atom. The zero-order valence-corrected chi connectivity index (χ0v) is 9.31. The van der Waals surface area contributed by atoms with Crippen LogP contribution in [-0.4, -0.2) is 23.6 Å². The van der Waals surface area contributed by atoms with Crippen LogP contribution in [0, 0.1) is 0 Å². The second-order valence-electron chi connectivity index (χ2n) is 1.62. The van der Waals surface area contributed by atoms with E-state index < -0.39 is 34.7 Å². The molecule has 0 aromatic carbocycles. The molecule has 0 aliphatic rings. The molecule has 68 valence electrons. The third kappa shape index (κ3) is 3.49. The summed E-state index contributed by atoms with van der Waals surface area (Å²) in [6, 6.07) is 0. The zero-order chi connectivity index (χ0) is 9.28. The third-order valence-electron chi connectivity index (χ3n) is 0.798. The van der Waals surface area contributed by atoms with Crippen molar-refractivity contribution in [3.63, 3.8) is 0 Å². The van der Waals surface area contributed by atoms with Gasteiger partial charge in [-0.3, -0.25) is 0 Å². The minimum Gasteiger partial charge on any atom is -0.380 e. The molecule has 0 aromatic rings. The summed E-state index contributed by atoms with van der Waals surface area (Å²) < 4.78 is 48.0. The summed E-state index contributed by atoms with van der Waals surface area (Å²) >= 11 is -0.605. The van der Waals surface area contributed by atoms with Gasteiger partial charge in [-0.25, -0.2) is 4.39 Å². The molecular weight excluding hydrogens is 394 g/mol. The van der Waals surface area contributed by atoms with Gasteiger partial charge in [-0.2, -0.15) is 13.2 Å². The van der Waals surface area contributed by atoms with Crippen LogP contribution >= 0.6 is 43.3 Å². The smallest absolute Gasteiger partial charge is 0.380 e. The van der Waals surface area contributed by atoms with Gasteiger partial charge in [0.2, 0.25) is 7.79 Å². The lowest BCUT2D eigenvalue weighted by Crippen LogP contribution is -2.40. The van der Waals surface area contributed by atoms with E-state index in [1.165, 1.54) is 0 Å². The molecule has 0 spiro atoms. The standard InChI is InChI=1S/C4H4F4I2O/c1-10-4(8,9)2(11)3(5,6)7/h2,11H,1H2. The molecule has 1 N–H and O–H groups in total. The zero-order valence-electron chi connectivity index (χ0n) is 5.00. The fourth-order valence-electron chi connectivity index (χ4n) is 0.259. The molecule has 2 unspecified atom stereocenters. The maximum Gasteiger partial charge on any atom is 0.419 e. The van der Waals surface area contributed by atoms with Gasteiger partial charge in [-0.05, 0) is 22.6 Å². The highest BCUT2D eigenvalue weighted by molar-refractivity contribution is 14.2. The van der Waals surface area contributed by atoms with Crippen molar-refractivity contribution in [1.82, 2.24) is 0 Å². The lowest BCUT2D eigenvalue weighted by atomic mass is 10.4. The Labute approximate surface area is 84.0 Å². The topological polar surface area (TPSA) is 20.2 Å². The van der Waals surface area contributed by atoms with E-state index in [-0.39, 0.29) is 0 Å². The van der Waals surface area contributed by atoms with Crippen molar-refractivity contribution in [1.29, 1.82) is 0 Å². The Hall–Kier alpha value is 1.01. The fourth-order valence-corrected chi connectivity index (χ4v) is 1.38. The van der Waals surface area contributed by atoms with Gasteiger partial charge in [0, 0.05) is 0 Å². The second kappa shape index (κ2) is 3.81. The van der Waals surface area contributed by atoms with E-state index in [1.807, 2.05) is 0 Å². The fraction of sp³-hybridized carbons (Fsp3) is 0.750. The average molecular weight is 398 g/mol. The predicted octanol–water partition coefficient (Wildman–Crippen LogP) is 2.37. The maximum atomic E-state index is 12.7. The highest BCUT2D eigenvalue weighted by Crippen LogP contribution is 2.43. The first-order valence-corrected chi connectivity index (χ1v) is 5.92. The summed E-state index contributed by atoms with van der Waals surface area (Å²) in [5, 5.41) is 8.39. The summed E-state index contributed by atoms with van der Waals surface area (Å²) in [5.74, 6) is 0. The monoisotopic (exact) mass is 398 g/mol. The van der Waals surface area contributed by atoms with Gasteiger partial charge in [0.15, 0.2) is 0 Å². The summed E-state index contributed by atoms with van der Waals surface area (Å²) in [6.07, 6.45) is -7.81. The van der Waals surface area contributed by atoms with Crippen molar-refractivity contribution < 1.29 is 22.7 Å². The molecule has 0 saturated heterocycles. The van der Waals surface area contributed by atoms with Gasteiger partial charge in [0.1, 0.15) is 0 Å². The number of aliphatic hydroxyl groups excluding tert-OH is 1. The molecule has 0 rings (SSSR count). The van der Waals surface area contributed by atoms with Crippen molar-refractivity contribution in [2.45, 2.75) is 14.0 Å². The molecule has 0 radical (unpaired) electrons. The molecule has 2 atom stereocenters. The number of hydrogen-bond acceptors (Lipinski definition) is 1. The van der Waals surface area contributed by atoms with Gasteiger partial charge in [-0.1, -0.05) is 25.2 Å². The molecule has 0 saturated carbocycles. The van der Waals surface area contributed by atoms with E-state index in [9.17, 15) is 17.6 Å². The largest absolute Gasteiger partial charge is 0.419 e. The summed E-state index contributed by atoms with van der Waals surface area (Å²) in [7, 11) is 0. The first kappa shape index (κ1) is 12.0. The number of rotatable bonds is 2. The van der Waals surface area contributed by atoms with E-state index in [1.54, 1.807) is 0 Å². The highest BCUT2D eigenvalue weighted by Gasteiger charge is 2.51. The Bertz CT molecular complexity index is 155. The summed E-state index contributed by atoms with van der Waals surface area (Å²) in [6.45, 7) is 0. The van der Waals surface area contributed by atoms with Crippen LogP contribution in [0.4, 0.5) is 17.6 Å². The third-order valence-corrected chi connectivity index (χ3v) is 4.93. The van der Waals surface area contributed by atoms with Crippen LogP contribution < -0.4 is 0 Å². The van der Waals surface area contributed by atoms with Crippen LogP contribution in [0.15, 0.2) is 0 Å². The number of aliphatic hydroxyl groups is 1. The van der Waals surface area contributed by atoms with Gasteiger partial charge in [0.25, 0.3) is 0 Å². The molecule has 0 aliphatic heterocycles. The van der Waals surface area contributed by atoms with Crippen molar-refractivity contribution in [3.05, 3.63) is 0 Å². The molecule has 0 amide bonds. The van der Waals surface area contributed by atoms with Crippen LogP contribution in [0.5, 0.6) is 0 Å². The van der Waals surface area contributed by atoms with Crippen LogP contribution in [-0.2, 0) is 0 Å². The lowest BCUT2D eigenvalue weighted by Gasteiger charge is -2.22. The Balaban J connectivity index is 4.48. The number of alkyl halides is 6. The first-order chi connectivity index (χ1) is 4.72. The van der Waals surface area contributed by atoms with Gasteiger partial charge < -0.3 is 5.11 Å². The van der Waals surface area contributed by atoms with Crippen molar-refractivity contribution in [2.75, 3.05) is 0 Å². The molecule has 7 heteroatoms. The average Bonchev–Trinajstić information content (AvgIpc) is 1.84. The van der Waals surface area contributed by atoms with E-state index in [4.69, 9.17) is 5.11 Å². The van der Waals surface area contributed by atoms with Crippen LogP contribution in [0.1, 0.15) is 0 Å². The lowest BCUT2D eigenvalue weighted by molar-refractivity contribution is -0.211. The molecule has 0 aliphatic carbocycles. The highest BCUT2D eigenvalue weighted by atomic mass is 127. The molecular formula is C4H4F4I2O.